The molecule has 1 rings (SSSR count). The van der Waals surface area contributed by atoms with Gasteiger partial charge < -0.3 is 5.11 Å². The molecule has 0 aliphatic rings. The van der Waals surface area contributed by atoms with Crippen LogP contribution in [0.25, 0.3) is 0 Å². The molecule has 1 atom stereocenters. The van der Waals surface area contributed by atoms with Gasteiger partial charge in [0.2, 0.25) is 10.0 Å². The van der Waals surface area contributed by atoms with Crippen LogP contribution < -0.4 is 4.72 Å². The van der Waals surface area contributed by atoms with E-state index in [1.807, 2.05) is 0 Å². The fourth-order valence-electron chi connectivity index (χ4n) is 1.36. The van der Waals surface area contributed by atoms with E-state index in [1.165, 1.54) is 12.1 Å². The quantitative estimate of drug-likeness (QED) is 0.830. The van der Waals surface area contributed by atoms with Gasteiger partial charge in [0.15, 0.2) is 0 Å². The first-order chi connectivity index (χ1) is 8.27. The molecule has 0 saturated carbocycles. The zero-order valence-electron chi connectivity index (χ0n) is 9.45. The summed E-state index contributed by atoms with van der Waals surface area (Å²) in [6, 6.07) is 2.51. The van der Waals surface area contributed by atoms with Crippen molar-refractivity contribution in [2.24, 2.45) is 0 Å². The normalized spacial score (nSPS) is 13.6. The molecule has 0 saturated heterocycles. The molecule has 0 heterocycles. The molecule has 0 spiro atoms. The highest BCUT2D eigenvalue weighted by Gasteiger charge is 2.23. The number of hydrogen-bond donors (Lipinski definition) is 2. The van der Waals surface area contributed by atoms with Gasteiger partial charge in [-0.25, -0.2) is 13.1 Å². The van der Waals surface area contributed by atoms with E-state index in [0.717, 1.165) is 0 Å². The van der Waals surface area contributed by atoms with Crippen molar-refractivity contribution in [1.29, 1.82) is 0 Å². The van der Waals surface area contributed by atoms with Gasteiger partial charge in [0, 0.05) is 17.1 Å². The minimum absolute atomic E-state index is 0.0399. The summed E-state index contributed by atoms with van der Waals surface area (Å²) in [7, 11) is -3.81. The second-order valence-corrected chi connectivity index (χ2v) is 7.11. The third-order valence-corrected chi connectivity index (χ3v) is 5.12. The van der Waals surface area contributed by atoms with Crippen molar-refractivity contribution in [3.05, 3.63) is 26.7 Å². The average molecular weight is 377 g/mol. The lowest BCUT2D eigenvalue weighted by atomic mass is 10.3. The molecule has 0 aromatic heterocycles. The highest BCUT2D eigenvalue weighted by atomic mass is 79.9. The number of aliphatic hydroxyl groups excluding tert-OH is 1. The van der Waals surface area contributed by atoms with Gasteiger partial charge in [0.05, 0.1) is 10.0 Å². The Balaban J connectivity index is 3.13. The molecule has 0 aliphatic carbocycles. The minimum atomic E-state index is -3.81. The predicted octanol–water partition coefficient (Wildman–Crippen LogP) is 2.81. The van der Waals surface area contributed by atoms with Crippen molar-refractivity contribution in [3.63, 3.8) is 0 Å². The average Bonchev–Trinajstić information content (AvgIpc) is 2.13. The molecule has 2 N–H and O–H groups in total. The molecule has 0 bridgehead atoms. The Labute approximate surface area is 124 Å². The van der Waals surface area contributed by atoms with Crippen LogP contribution in [0.3, 0.4) is 0 Å². The van der Waals surface area contributed by atoms with Gasteiger partial charge in [-0.05, 0) is 25.5 Å². The molecule has 102 valence electrons. The molecule has 0 aliphatic heterocycles. The van der Waals surface area contributed by atoms with Crippen LogP contribution in [0, 0.1) is 0 Å². The zero-order chi connectivity index (χ0) is 13.9. The van der Waals surface area contributed by atoms with E-state index in [2.05, 4.69) is 20.7 Å². The van der Waals surface area contributed by atoms with Gasteiger partial charge in [0.25, 0.3) is 0 Å². The monoisotopic (exact) mass is 375 g/mol. The fraction of sp³-hybridized carbons (Fsp3) is 0.400. The molecule has 1 aromatic rings. The summed E-state index contributed by atoms with van der Waals surface area (Å²) in [5.74, 6) is 0. The lowest BCUT2D eigenvalue weighted by Crippen LogP contribution is -2.33. The van der Waals surface area contributed by atoms with Crippen molar-refractivity contribution in [2.75, 3.05) is 6.61 Å². The highest BCUT2D eigenvalue weighted by Crippen LogP contribution is 2.32. The third-order valence-electron chi connectivity index (χ3n) is 2.15. The number of sulfonamides is 1. The lowest BCUT2D eigenvalue weighted by Gasteiger charge is -2.15. The lowest BCUT2D eigenvalue weighted by molar-refractivity contribution is 0.275. The van der Waals surface area contributed by atoms with E-state index in [-0.39, 0.29) is 21.5 Å². The Kier molecular flexibility index (Phi) is 5.89. The standard InChI is InChI=1S/C10H12BrCl2NO3S/c1-6(2-3-15)14-18(16,17)10-8(12)4-7(11)5-9(10)13/h4-6,14-15H,2-3H2,1H3. The molecule has 0 fully saturated rings. The number of nitrogens with one attached hydrogen (secondary N) is 1. The molecule has 4 nitrogen and oxygen atoms in total. The van der Waals surface area contributed by atoms with Crippen molar-refractivity contribution in [2.45, 2.75) is 24.3 Å². The van der Waals surface area contributed by atoms with Gasteiger partial charge in [-0.2, -0.15) is 0 Å². The number of benzene rings is 1. The molecule has 1 aromatic carbocycles. The zero-order valence-corrected chi connectivity index (χ0v) is 13.4. The van der Waals surface area contributed by atoms with E-state index in [0.29, 0.717) is 10.9 Å². The second-order valence-electron chi connectivity index (χ2n) is 3.73. The molecule has 18 heavy (non-hydrogen) atoms. The molecular formula is C10H12BrCl2NO3S. The maximum absolute atomic E-state index is 12.1. The number of hydrogen-bond acceptors (Lipinski definition) is 3. The Morgan fingerprint density at radius 3 is 2.33 bits per heavy atom. The van der Waals surface area contributed by atoms with Crippen molar-refractivity contribution in [1.82, 2.24) is 4.72 Å². The Hall–Kier alpha value is 0.150. The molecule has 1 unspecified atom stereocenters. The van der Waals surface area contributed by atoms with Crippen molar-refractivity contribution < 1.29 is 13.5 Å². The van der Waals surface area contributed by atoms with E-state index in [9.17, 15) is 8.42 Å². The van der Waals surface area contributed by atoms with Crippen molar-refractivity contribution >= 4 is 49.2 Å². The summed E-state index contributed by atoms with van der Waals surface area (Å²) in [6.07, 6.45) is 0.311. The van der Waals surface area contributed by atoms with Crippen LogP contribution in [0.5, 0.6) is 0 Å². The van der Waals surface area contributed by atoms with Crippen LogP contribution in [-0.4, -0.2) is 26.2 Å². The van der Waals surface area contributed by atoms with Gasteiger partial charge in [0.1, 0.15) is 4.90 Å². The van der Waals surface area contributed by atoms with E-state index in [4.69, 9.17) is 28.3 Å². The summed E-state index contributed by atoms with van der Waals surface area (Å²) >= 11 is 15.0. The summed E-state index contributed by atoms with van der Waals surface area (Å²) in [5, 5.41) is 8.84. The second kappa shape index (κ2) is 6.54. The van der Waals surface area contributed by atoms with Gasteiger partial charge in [-0.15, -0.1) is 0 Å². The summed E-state index contributed by atoms with van der Waals surface area (Å²) < 4.78 is 27.2. The first kappa shape index (κ1) is 16.2. The Morgan fingerprint density at radius 2 is 1.89 bits per heavy atom. The van der Waals surface area contributed by atoms with Gasteiger partial charge in [-0.1, -0.05) is 39.1 Å². The fourth-order valence-corrected chi connectivity index (χ4v) is 4.58. The molecule has 8 heteroatoms. The SMILES string of the molecule is CC(CCO)NS(=O)(=O)c1c(Cl)cc(Br)cc1Cl. The van der Waals surface area contributed by atoms with Crippen LogP contribution in [0.4, 0.5) is 0 Å². The Morgan fingerprint density at radius 1 is 1.39 bits per heavy atom. The number of aliphatic hydroxyl groups is 1. The number of rotatable bonds is 5. The van der Waals surface area contributed by atoms with E-state index < -0.39 is 16.1 Å². The summed E-state index contributed by atoms with van der Waals surface area (Å²) in [5.41, 5.74) is 0. The maximum atomic E-state index is 12.1. The van der Waals surface area contributed by atoms with Crippen LogP contribution in [0.2, 0.25) is 10.0 Å². The first-order valence-corrected chi connectivity index (χ1v) is 8.09. The van der Waals surface area contributed by atoms with Crippen LogP contribution in [-0.2, 0) is 10.0 Å². The van der Waals surface area contributed by atoms with Crippen LogP contribution in [0.15, 0.2) is 21.5 Å². The molecule has 0 radical (unpaired) electrons. The van der Waals surface area contributed by atoms with E-state index >= 15 is 0 Å². The van der Waals surface area contributed by atoms with Crippen LogP contribution in [0.1, 0.15) is 13.3 Å². The highest BCUT2D eigenvalue weighted by molar-refractivity contribution is 9.10. The van der Waals surface area contributed by atoms with Gasteiger partial charge in [-0.3, -0.25) is 0 Å². The summed E-state index contributed by atoms with van der Waals surface area (Å²) in [4.78, 5) is -0.154. The van der Waals surface area contributed by atoms with E-state index in [1.54, 1.807) is 6.92 Å². The third kappa shape index (κ3) is 4.08. The van der Waals surface area contributed by atoms with Crippen LogP contribution >= 0.6 is 39.1 Å². The minimum Gasteiger partial charge on any atom is -0.396 e. The van der Waals surface area contributed by atoms with Gasteiger partial charge >= 0.3 is 0 Å². The largest absolute Gasteiger partial charge is 0.396 e. The number of halogens is 3. The Bertz CT molecular complexity index is 513. The first-order valence-electron chi connectivity index (χ1n) is 5.05. The topological polar surface area (TPSA) is 66.4 Å². The molecular weight excluding hydrogens is 365 g/mol. The molecule has 0 amide bonds. The maximum Gasteiger partial charge on any atom is 0.243 e. The smallest absolute Gasteiger partial charge is 0.243 e. The van der Waals surface area contributed by atoms with Crippen molar-refractivity contribution in [3.8, 4) is 0 Å². The predicted molar refractivity (Wildman–Crippen MR) is 75.6 cm³/mol. The summed E-state index contributed by atoms with van der Waals surface area (Å²) in [6.45, 7) is 1.54.